The van der Waals surface area contributed by atoms with Gasteiger partial charge in [0.25, 0.3) is 0 Å². The number of hydrogen-bond donors (Lipinski definition) is 1. The number of rotatable bonds is 5. The van der Waals surface area contributed by atoms with Crippen LogP contribution in [0, 0.1) is 5.92 Å². The van der Waals surface area contributed by atoms with Gasteiger partial charge >= 0.3 is 0 Å². The molecular weight excluding hydrogens is 230 g/mol. The highest BCUT2D eigenvalue weighted by Crippen LogP contribution is 2.25. The van der Waals surface area contributed by atoms with Crippen LogP contribution in [-0.4, -0.2) is 36.6 Å². The predicted molar refractivity (Wildman–Crippen MR) is 73.6 cm³/mol. The first-order valence-corrected chi connectivity index (χ1v) is 7.35. The maximum atomic E-state index is 4.75. The van der Waals surface area contributed by atoms with Crippen LogP contribution in [0.15, 0.2) is 0 Å². The van der Waals surface area contributed by atoms with E-state index in [9.17, 15) is 0 Å². The fourth-order valence-electron chi connectivity index (χ4n) is 2.31. The Hall–Kier alpha value is -0.450. The third-order valence-electron chi connectivity index (χ3n) is 3.07. The first kappa shape index (κ1) is 13.0. The van der Waals surface area contributed by atoms with Crippen LogP contribution in [0.4, 0.5) is 0 Å². The lowest BCUT2D eigenvalue weighted by Crippen LogP contribution is -2.32. The van der Waals surface area contributed by atoms with Crippen molar-refractivity contribution in [1.82, 2.24) is 15.2 Å². The van der Waals surface area contributed by atoms with Crippen LogP contribution < -0.4 is 5.32 Å². The number of nitrogens with one attached hydrogen (secondary N) is 1. The molecule has 96 valence electrons. The van der Waals surface area contributed by atoms with Crippen molar-refractivity contribution in [2.45, 2.75) is 33.2 Å². The standard InChI is InChI=1S/C13H23N3S/c1-10(2)8-16-7-5-11-12(9-16)17-13(15-11)4-6-14-3/h10,14H,4-9H2,1-3H3. The highest BCUT2D eigenvalue weighted by molar-refractivity contribution is 7.11. The van der Waals surface area contributed by atoms with Crippen molar-refractivity contribution < 1.29 is 0 Å². The Morgan fingerprint density at radius 3 is 3.00 bits per heavy atom. The molecule has 0 unspecified atom stereocenters. The molecule has 0 radical (unpaired) electrons. The minimum atomic E-state index is 0.758. The maximum Gasteiger partial charge on any atom is 0.0944 e. The summed E-state index contributed by atoms with van der Waals surface area (Å²) in [7, 11) is 2.00. The fourth-order valence-corrected chi connectivity index (χ4v) is 3.47. The van der Waals surface area contributed by atoms with Gasteiger partial charge in [-0.1, -0.05) is 13.8 Å². The molecule has 0 aliphatic carbocycles. The van der Waals surface area contributed by atoms with Gasteiger partial charge in [0.1, 0.15) is 0 Å². The molecule has 0 fully saturated rings. The Labute approximate surface area is 108 Å². The Bertz CT molecular complexity index is 360. The topological polar surface area (TPSA) is 28.2 Å². The molecule has 0 amide bonds. The van der Waals surface area contributed by atoms with Gasteiger partial charge in [0, 0.05) is 43.9 Å². The van der Waals surface area contributed by atoms with Crippen LogP contribution >= 0.6 is 11.3 Å². The zero-order valence-electron chi connectivity index (χ0n) is 11.1. The lowest BCUT2D eigenvalue weighted by atomic mass is 10.1. The summed E-state index contributed by atoms with van der Waals surface area (Å²) in [6, 6.07) is 0. The summed E-state index contributed by atoms with van der Waals surface area (Å²) in [4.78, 5) is 8.82. The van der Waals surface area contributed by atoms with Gasteiger partial charge in [-0.3, -0.25) is 4.90 Å². The summed E-state index contributed by atoms with van der Waals surface area (Å²) in [5.74, 6) is 0.758. The lowest BCUT2D eigenvalue weighted by molar-refractivity contribution is 0.228. The number of fused-ring (bicyclic) bond motifs is 1. The molecule has 0 saturated carbocycles. The zero-order chi connectivity index (χ0) is 12.3. The lowest BCUT2D eigenvalue weighted by Gasteiger charge is -2.27. The molecule has 1 aliphatic heterocycles. The van der Waals surface area contributed by atoms with Gasteiger partial charge in [-0.25, -0.2) is 4.98 Å². The zero-order valence-corrected chi connectivity index (χ0v) is 11.9. The van der Waals surface area contributed by atoms with Crippen molar-refractivity contribution in [3.63, 3.8) is 0 Å². The van der Waals surface area contributed by atoms with Crippen molar-refractivity contribution in [2.75, 3.05) is 26.7 Å². The van der Waals surface area contributed by atoms with Crippen molar-refractivity contribution >= 4 is 11.3 Å². The highest BCUT2D eigenvalue weighted by Gasteiger charge is 2.20. The molecule has 17 heavy (non-hydrogen) atoms. The van der Waals surface area contributed by atoms with Gasteiger partial charge < -0.3 is 5.32 Å². The molecule has 4 heteroatoms. The summed E-state index contributed by atoms with van der Waals surface area (Å²) in [6.45, 7) is 9.12. The minimum Gasteiger partial charge on any atom is -0.319 e. The van der Waals surface area contributed by atoms with Gasteiger partial charge in [-0.15, -0.1) is 11.3 Å². The van der Waals surface area contributed by atoms with E-state index in [2.05, 4.69) is 24.1 Å². The third-order valence-corrected chi connectivity index (χ3v) is 4.21. The van der Waals surface area contributed by atoms with E-state index in [-0.39, 0.29) is 0 Å². The van der Waals surface area contributed by atoms with Gasteiger partial charge in [-0.2, -0.15) is 0 Å². The van der Waals surface area contributed by atoms with Crippen LogP contribution in [0.3, 0.4) is 0 Å². The van der Waals surface area contributed by atoms with Gasteiger partial charge in [0.15, 0.2) is 0 Å². The van der Waals surface area contributed by atoms with Crippen LogP contribution in [0.5, 0.6) is 0 Å². The van der Waals surface area contributed by atoms with E-state index < -0.39 is 0 Å². The van der Waals surface area contributed by atoms with Crippen molar-refractivity contribution in [1.29, 1.82) is 0 Å². The summed E-state index contributed by atoms with van der Waals surface area (Å²) in [6.07, 6.45) is 2.20. The predicted octanol–water partition coefficient (Wildman–Crippen LogP) is 1.92. The molecule has 1 N–H and O–H groups in total. The van der Waals surface area contributed by atoms with Crippen LogP contribution in [0.25, 0.3) is 0 Å². The Morgan fingerprint density at radius 2 is 2.29 bits per heavy atom. The van der Waals surface area contributed by atoms with E-state index in [1.54, 1.807) is 0 Å². The second kappa shape index (κ2) is 5.94. The average Bonchev–Trinajstić information content (AvgIpc) is 2.67. The highest BCUT2D eigenvalue weighted by atomic mass is 32.1. The fraction of sp³-hybridized carbons (Fsp3) is 0.769. The maximum absolute atomic E-state index is 4.75. The second-order valence-electron chi connectivity index (χ2n) is 5.21. The van der Waals surface area contributed by atoms with E-state index in [4.69, 9.17) is 4.98 Å². The van der Waals surface area contributed by atoms with E-state index in [0.29, 0.717) is 0 Å². The molecule has 2 heterocycles. The first-order chi connectivity index (χ1) is 8.19. The molecule has 1 aromatic heterocycles. The normalized spacial score (nSPS) is 16.5. The molecule has 1 aliphatic rings. The Kier molecular flexibility index (Phi) is 4.54. The van der Waals surface area contributed by atoms with Crippen molar-refractivity contribution in [3.8, 4) is 0 Å². The molecule has 0 atom stereocenters. The number of aromatic nitrogens is 1. The number of thiazole rings is 1. The average molecular weight is 253 g/mol. The minimum absolute atomic E-state index is 0.758. The Balaban J connectivity index is 1.97. The van der Waals surface area contributed by atoms with Crippen LogP contribution in [0.2, 0.25) is 0 Å². The molecule has 0 bridgehead atoms. The quantitative estimate of drug-likeness (QED) is 0.869. The molecule has 1 aromatic rings. The largest absolute Gasteiger partial charge is 0.319 e. The first-order valence-electron chi connectivity index (χ1n) is 6.53. The van der Waals surface area contributed by atoms with Gasteiger partial charge in [-0.05, 0) is 13.0 Å². The van der Waals surface area contributed by atoms with E-state index in [1.165, 1.54) is 28.7 Å². The summed E-state index contributed by atoms with van der Waals surface area (Å²) in [5, 5.41) is 4.49. The molecule has 3 nitrogen and oxygen atoms in total. The van der Waals surface area contributed by atoms with E-state index in [0.717, 1.165) is 31.8 Å². The molecule has 2 rings (SSSR count). The molecule has 0 saturated heterocycles. The van der Waals surface area contributed by atoms with Crippen LogP contribution in [0.1, 0.15) is 29.4 Å². The van der Waals surface area contributed by atoms with Crippen LogP contribution in [-0.2, 0) is 19.4 Å². The third kappa shape index (κ3) is 3.50. The van der Waals surface area contributed by atoms with E-state index in [1.807, 2.05) is 18.4 Å². The van der Waals surface area contributed by atoms with E-state index >= 15 is 0 Å². The van der Waals surface area contributed by atoms with Crippen molar-refractivity contribution in [2.24, 2.45) is 5.92 Å². The number of hydrogen-bond acceptors (Lipinski definition) is 4. The molecule has 0 spiro atoms. The Morgan fingerprint density at radius 1 is 1.47 bits per heavy atom. The monoisotopic (exact) mass is 253 g/mol. The van der Waals surface area contributed by atoms with Gasteiger partial charge in [0.05, 0.1) is 10.7 Å². The summed E-state index contributed by atoms with van der Waals surface area (Å²) in [5.41, 5.74) is 1.36. The smallest absolute Gasteiger partial charge is 0.0944 e. The SMILES string of the molecule is CNCCc1nc2c(s1)CN(CC(C)C)CC2. The number of likely N-dealkylation sites (N-methyl/N-ethyl adjacent to an activating group) is 1. The second-order valence-corrected chi connectivity index (χ2v) is 6.38. The number of nitrogens with zero attached hydrogens (tertiary/aromatic N) is 2. The summed E-state index contributed by atoms with van der Waals surface area (Å²) < 4.78 is 0. The summed E-state index contributed by atoms with van der Waals surface area (Å²) >= 11 is 1.91. The van der Waals surface area contributed by atoms with Gasteiger partial charge in [0.2, 0.25) is 0 Å². The molecule has 0 aromatic carbocycles. The molecular formula is C13H23N3S. The van der Waals surface area contributed by atoms with Crippen molar-refractivity contribution in [3.05, 3.63) is 15.6 Å².